The largest absolute Gasteiger partial charge is 0.324 e. The Labute approximate surface area is 179 Å². The van der Waals surface area contributed by atoms with Crippen LogP contribution in [-0.2, 0) is 11.3 Å². The van der Waals surface area contributed by atoms with E-state index in [0.717, 1.165) is 35.0 Å². The average Bonchev–Trinajstić information content (AvgIpc) is 3.34. The molecule has 1 N–H and O–H groups in total. The highest BCUT2D eigenvalue weighted by molar-refractivity contribution is 8.00. The van der Waals surface area contributed by atoms with Crippen molar-refractivity contribution in [3.05, 3.63) is 36.5 Å². The van der Waals surface area contributed by atoms with Crippen molar-refractivity contribution in [2.75, 3.05) is 5.32 Å². The predicted molar refractivity (Wildman–Crippen MR) is 120 cm³/mol. The summed E-state index contributed by atoms with van der Waals surface area (Å²) in [5.41, 5.74) is 2.66. The number of aryl methyl sites for hydroxylation is 1. The van der Waals surface area contributed by atoms with Gasteiger partial charge in [-0.05, 0) is 33.3 Å². The topological polar surface area (TPSA) is 90.5 Å². The molecule has 3 heterocycles. The van der Waals surface area contributed by atoms with Crippen LogP contribution in [0.2, 0.25) is 0 Å². The second-order valence-electron chi connectivity index (χ2n) is 7.20. The molecule has 0 radical (unpaired) electrons. The normalized spacial score (nSPS) is 13.6. The minimum absolute atomic E-state index is 0.121. The first-order valence-electron chi connectivity index (χ1n) is 10.2. The number of hydrogen-bond donors (Lipinski definition) is 1. The fraction of sp³-hybridized carbons (Fsp3) is 0.381. The summed E-state index contributed by atoms with van der Waals surface area (Å²) in [7, 11) is 0. The van der Waals surface area contributed by atoms with Gasteiger partial charge in [-0.2, -0.15) is 5.10 Å². The predicted octanol–water partition coefficient (Wildman–Crippen LogP) is 4.29. The molecule has 8 nitrogen and oxygen atoms in total. The summed E-state index contributed by atoms with van der Waals surface area (Å²) in [6.07, 6.45) is 2.63. The maximum Gasteiger partial charge on any atom is 0.238 e. The molecule has 0 aliphatic heterocycles. The van der Waals surface area contributed by atoms with Crippen LogP contribution in [-0.4, -0.2) is 40.7 Å². The molecule has 4 rings (SSSR count). The van der Waals surface area contributed by atoms with Crippen LogP contribution in [0.4, 0.5) is 5.82 Å². The van der Waals surface area contributed by atoms with Crippen molar-refractivity contribution >= 4 is 45.6 Å². The highest BCUT2D eigenvalue weighted by Crippen LogP contribution is 2.28. The van der Waals surface area contributed by atoms with Gasteiger partial charge in [-0.1, -0.05) is 36.9 Å². The molecule has 156 valence electrons. The molecule has 0 bridgehead atoms. The Morgan fingerprint density at radius 2 is 1.97 bits per heavy atom. The van der Waals surface area contributed by atoms with E-state index in [0.29, 0.717) is 11.0 Å². The minimum atomic E-state index is -0.385. The molecule has 0 aliphatic carbocycles. The number of amides is 1. The number of para-hydroxylation sites is 1. The van der Waals surface area contributed by atoms with Crippen LogP contribution in [0.5, 0.6) is 0 Å². The maximum atomic E-state index is 12.8. The monoisotopic (exact) mass is 423 g/mol. The van der Waals surface area contributed by atoms with E-state index in [9.17, 15) is 4.79 Å². The Morgan fingerprint density at radius 1 is 1.17 bits per heavy atom. The van der Waals surface area contributed by atoms with Crippen molar-refractivity contribution in [1.82, 2.24) is 29.5 Å². The van der Waals surface area contributed by atoms with E-state index in [2.05, 4.69) is 52.0 Å². The second-order valence-corrected chi connectivity index (χ2v) is 8.50. The van der Waals surface area contributed by atoms with Crippen LogP contribution in [0.3, 0.4) is 0 Å². The van der Waals surface area contributed by atoms with Gasteiger partial charge >= 0.3 is 0 Å². The van der Waals surface area contributed by atoms with E-state index < -0.39 is 0 Å². The van der Waals surface area contributed by atoms with Gasteiger partial charge in [-0.25, -0.2) is 9.67 Å². The van der Waals surface area contributed by atoms with Crippen LogP contribution in [0.15, 0.2) is 41.7 Å². The van der Waals surface area contributed by atoms with Crippen molar-refractivity contribution in [3.8, 4) is 0 Å². The highest BCUT2D eigenvalue weighted by atomic mass is 32.2. The summed E-state index contributed by atoms with van der Waals surface area (Å²) in [6, 6.07) is 10.1. The number of rotatable bonds is 7. The number of nitrogens with zero attached hydrogens (tertiary/aromatic N) is 6. The third kappa shape index (κ3) is 3.65. The number of aromatic nitrogens is 6. The lowest BCUT2D eigenvalue weighted by atomic mass is 10.2. The fourth-order valence-electron chi connectivity index (χ4n) is 3.44. The molecule has 0 fully saturated rings. The lowest BCUT2D eigenvalue weighted by molar-refractivity contribution is -0.115. The van der Waals surface area contributed by atoms with Crippen molar-refractivity contribution in [3.63, 3.8) is 0 Å². The van der Waals surface area contributed by atoms with Gasteiger partial charge in [0.2, 0.25) is 11.1 Å². The number of anilines is 1. The number of nitrogens with one attached hydrogen (secondary N) is 1. The quantitative estimate of drug-likeness (QED) is 0.446. The van der Waals surface area contributed by atoms with E-state index >= 15 is 0 Å². The molecule has 2 atom stereocenters. The van der Waals surface area contributed by atoms with Gasteiger partial charge in [0, 0.05) is 18.0 Å². The van der Waals surface area contributed by atoms with E-state index in [1.54, 1.807) is 6.20 Å². The first-order chi connectivity index (χ1) is 14.5. The van der Waals surface area contributed by atoms with E-state index in [1.165, 1.54) is 11.8 Å². The van der Waals surface area contributed by atoms with Gasteiger partial charge in [0.25, 0.3) is 0 Å². The van der Waals surface area contributed by atoms with Crippen LogP contribution in [0.1, 0.15) is 40.2 Å². The van der Waals surface area contributed by atoms with Gasteiger partial charge in [0.15, 0.2) is 5.65 Å². The van der Waals surface area contributed by atoms with Crippen LogP contribution in [0.25, 0.3) is 22.1 Å². The third-order valence-corrected chi connectivity index (χ3v) is 6.20. The van der Waals surface area contributed by atoms with Gasteiger partial charge in [-0.3, -0.25) is 4.79 Å². The van der Waals surface area contributed by atoms with Crippen LogP contribution < -0.4 is 5.32 Å². The highest BCUT2D eigenvalue weighted by Gasteiger charge is 2.20. The molecule has 4 aromatic rings. The van der Waals surface area contributed by atoms with Gasteiger partial charge in [0.05, 0.1) is 23.0 Å². The first kappa shape index (κ1) is 20.3. The molecule has 9 heteroatoms. The Kier molecular flexibility index (Phi) is 5.72. The Bertz CT molecular complexity index is 1200. The number of fused-ring (bicyclic) bond motifs is 3. The average molecular weight is 424 g/mol. The van der Waals surface area contributed by atoms with Crippen molar-refractivity contribution < 1.29 is 4.79 Å². The summed E-state index contributed by atoms with van der Waals surface area (Å²) in [5.74, 6) is 0.576. The summed E-state index contributed by atoms with van der Waals surface area (Å²) < 4.78 is 3.96. The van der Waals surface area contributed by atoms with Gasteiger partial charge in [-0.15, -0.1) is 10.2 Å². The lowest BCUT2D eigenvalue weighted by Crippen LogP contribution is -2.25. The fourth-order valence-corrected chi connectivity index (χ4v) is 4.15. The summed E-state index contributed by atoms with van der Waals surface area (Å²) >= 11 is 1.30. The molecule has 1 aromatic carbocycles. The molecule has 0 saturated heterocycles. The molecule has 30 heavy (non-hydrogen) atoms. The molecular weight excluding hydrogens is 398 g/mol. The van der Waals surface area contributed by atoms with Crippen molar-refractivity contribution in [1.29, 1.82) is 0 Å². The maximum absolute atomic E-state index is 12.8. The standard InChI is InChI=1S/C21H25N7OS/c1-5-13(3)28-17(11-12-22-28)23-20(29)14(4)30-21-24-19-18(25-26-21)15-9-7-8-10-16(15)27(19)6-2/h7-14H,5-6H2,1-4H3,(H,23,29)/t13-,14-/m0/s1. The Balaban J connectivity index is 1.56. The van der Waals surface area contributed by atoms with E-state index in [-0.39, 0.29) is 17.2 Å². The number of benzene rings is 1. The summed E-state index contributed by atoms with van der Waals surface area (Å²) in [6.45, 7) is 8.86. The molecule has 3 aromatic heterocycles. The zero-order chi connectivity index (χ0) is 21.3. The van der Waals surface area contributed by atoms with Crippen LogP contribution >= 0.6 is 11.8 Å². The van der Waals surface area contributed by atoms with Gasteiger partial charge < -0.3 is 9.88 Å². The van der Waals surface area contributed by atoms with E-state index in [1.807, 2.05) is 35.9 Å². The Hall–Kier alpha value is -2.94. The summed E-state index contributed by atoms with van der Waals surface area (Å²) in [5, 5.41) is 17.1. The third-order valence-electron chi connectivity index (χ3n) is 5.25. The molecule has 0 aliphatic rings. The molecule has 1 amide bonds. The molecular formula is C21H25N7OS. The molecule has 0 unspecified atom stereocenters. The summed E-state index contributed by atoms with van der Waals surface area (Å²) in [4.78, 5) is 17.5. The van der Waals surface area contributed by atoms with Crippen LogP contribution in [0, 0.1) is 0 Å². The minimum Gasteiger partial charge on any atom is -0.324 e. The second kappa shape index (κ2) is 8.43. The number of thioether (sulfide) groups is 1. The number of hydrogen-bond acceptors (Lipinski definition) is 6. The zero-order valence-corrected chi connectivity index (χ0v) is 18.3. The number of carbonyl (C=O) groups is 1. The SMILES string of the molecule is CC[C@H](C)n1nccc1NC(=O)[C@H](C)Sc1nnc2c3ccccc3n(CC)c2n1. The van der Waals surface area contributed by atoms with Crippen molar-refractivity contribution in [2.24, 2.45) is 0 Å². The first-order valence-corrected chi connectivity index (χ1v) is 11.0. The number of carbonyl (C=O) groups excluding carboxylic acids is 1. The van der Waals surface area contributed by atoms with Gasteiger partial charge in [0.1, 0.15) is 11.3 Å². The lowest BCUT2D eigenvalue weighted by Gasteiger charge is -2.16. The Morgan fingerprint density at radius 3 is 2.73 bits per heavy atom. The molecule has 0 spiro atoms. The zero-order valence-electron chi connectivity index (χ0n) is 17.5. The van der Waals surface area contributed by atoms with E-state index in [4.69, 9.17) is 4.98 Å². The van der Waals surface area contributed by atoms with Crippen molar-refractivity contribution in [2.45, 2.75) is 57.1 Å². The smallest absolute Gasteiger partial charge is 0.238 e. The molecule has 0 saturated carbocycles.